The fourth-order valence-corrected chi connectivity index (χ4v) is 1.72. The molecule has 0 radical (unpaired) electrons. The number of carbonyl (C=O) groups excluding carboxylic acids is 3. The van der Waals surface area contributed by atoms with Crippen LogP contribution in [0.3, 0.4) is 0 Å². The number of nitrogens with zero attached hydrogens (tertiary/aromatic N) is 2. The number of amides is 3. The summed E-state index contributed by atoms with van der Waals surface area (Å²) < 4.78 is 0. The maximum atomic E-state index is 12.2. The second-order valence-corrected chi connectivity index (χ2v) is 4.31. The molecule has 1 aromatic rings. The summed E-state index contributed by atoms with van der Waals surface area (Å²) in [5, 5.41) is 6.49. The molecule has 0 unspecified atom stereocenters. The number of aromatic amines is 1. The standard InChI is InChI=1S/C11H18N6O3/c1-2-3-6-9(14)10(16-15-6)11(20)17(4-7(12)18)5-8(13)19/h2-5,14H2,1H3,(H2,12,18)(H2,13,19)(H,15,16). The minimum absolute atomic E-state index is 0.0454. The normalized spacial score (nSPS) is 10.2. The number of primary amides is 2. The molecule has 0 aliphatic heterocycles. The van der Waals surface area contributed by atoms with Crippen molar-refractivity contribution < 1.29 is 14.4 Å². The van der Waals surface area contributed by atoms with Crippen LogP contribution in [0.4, 0.5) is 5.69 Å². The number of aromatic nitrogens is 2. The van der Waals surface area contributed by atoms with Gasteiger partial charge in [0, 0.05) is 0 Å². The van der Waals surface area contributed by atoms with Crippen molar-refractivity contribution in [3.05, 3.63) is 11.4 Å². The van der Waals surface area contributed by atoms with Gasteiger partial charge in [-0.2, -0.15) is 5.10 Å². The number of hydrogen-bond acceptors (Lipinski definition) is 5. The molecule has 3 amide bonds. The van der Waals surface area contributed by atoms with E-state index in [0.717, 1.165) is 11.3 Å². The van der Waals surface area contributed by atoms with Gasteiger partial charge < -0.3 is 22.1 Å². The van der Waals surface area contributed by atoms with Crippen LogP contribution >= 0.6 is 0 Å². The number of nitrogens with one attached hydrogen (secondary N) is 1. The number of H-pyrrole nitrogens is 1. The lowest BCUT2D eigenvalue weighted by atomic mass is 10.2. The van der Waals surface area contributed by atoms with Gasteiger partial charge in [0.1, 0.15) is 13.1 Å². The SMILES string of the molecule is CCCc1[nH]nc(C(=O)N(CC(N)=O)CC(N)=O)c1N. The highest BCUT2D eigenvalue weighted by Gasteiger charge is 2.25. The fraction of sp³-hybridized carbons (Fsp3) is 0.455. The lowest BCUT2D eigenvalue weighted by Gasteiger charge is -2.18. The molecule has 7 N–H and O–H groups in total. The van der Waals surface area contributed by atoms with Crippen molar-refractivity contribution in [3.8, 4) is 0 Å². The monoisotopic (exact) mass is 282 g/mol. The number of anilines is 1. The van der Waals surface area contributed by atoms with Crippen LogP contribution in [0.25, 0.3) is 0 Å². The third kappa shape index (κ3) is 3.70. The smallest absolute Gasteiger partial charge is 0.277 e. The number of hydrogen-bond donors (Lipinski definition) is 4. The summed E-state index contributed by atoms with van der Waals surface area (Å²) in [5.41, 5.74) is 16.7. The maximum Gasteiger partial charge on any atom is 0.277 e. The van der Waals surface area contributed by atoms with Crippen molar-refractivity contribution in [2.75, 3.05) is 18.8 Å². The van der Waals surface area contributed by atoms with Crippen molar-refractivity contribution in [3.63, 3.8) is 0 Å². The van der Waals surface area contributed by atoms with Crippen LogP contribution in [-0.2, 0) is 16.0 Å². The lowest BCUT2D eigenvalue weighted by molar-refractivity contribution is -0.121. The Morgan fingerprint density at radius 3 is 2.20 bits per heavy atom. The van der Waals surface area contributed by atoms with Gasteiger partial charge in [-0.1, -0.05) is 13.3 Å². The molecule has 0 aromatic carbocycles. The molecule has 0 saturated heterocycles. The molecule has 0 bridgehead atoms. The first-order chi connectivity index (χ1) is 9.36. The first-order valence-electron chi connectivity index (χ1n) is 6.05. The zero-order chi connectivity index (χ0) is 15.3. The molecule has 1 heterocycles. The van der Waals surface area contributed by atoms with Crippen molar-refractivity contribution in [2.45, 2.75) is 19.8 Å². The van der Waals surface area contributed by atoms with Crippen LogP contribution in [0.15, 0.2) is 0 Å². The largest absolute Gasteiger partial charge is 0.395 e. The fourth-order valence-electron chi connectivity index (χ4n) is 1.72. The van der Waals surface area contributed by atoms with Gasteiger partial charge in [-0.25, -0.2) is 0 Å². The molecule has 20 heavy (non-hydrogen) atoms. The van der Waals surface area contributed by atoms with Crippen molar-refractivity contribution in [2.24, 2.45) is 11.5 Å². The summed E-state index contributed by atoms with van der Waals surface area (Å²) in [5.74, 6) is -2.19. The Morgan fingerprint density at radius 2 is 1.75 bits per heavy atom. The summed E-state index contributed by atoms with van der Waals surface area (Å²) in [7, 11) is 0. The van der Waals surface area contributed by atoms with Gasteiger partial charge >= 0.3 is 0 Å². The quantitative estimate of drug-likeness (QED) is 0.470. The van der Waals surface area contributed by atoms with Crippen LogP contribution < -0.4 is 17.2 Å². The molecule has 110 valence electrons. The zero-order valence-electron chi connectivity index (χ0n) is 11.2. The molecule has 0 aliphatic rings. The summed E-state index contributed by atoms with van der Waals surface area (Å²) in [6.07, 6.45) is 1.46. The number of nitrogens with two attached hydrogens (primary N) is 3. The minimum Gasteiger partial charge on any atom is -0.395 e. The van der Waals surface area contributed by atoms with Crippen molar-refractivity contribution in [1.82, 2.24) is 15.1 Å². The second kappa shape index (κ2) is 6.55. The van der Waals surface area contributed by atoms with Gasteiger partial charge in [0.25, 0.3) is 5.91 Å². The summed E-state index contributed by atoms with van der Waals surface area (Å²) in [6.45, 7) is 1.09. The highest BCUT2D eigenvalue weighted by atomic mass is 16.2. The van der Waals surface area contributed by atoms with Crippen LogP contribution in [-0.4, -0.2) is 45.9 Å². The van der Waals surface area contributed by atoms with E-state index in [1.54, 1.807) is 0 Å². The number of nitrogen functional groups attached to an aromatic ring is 1. The third-order valence-electron chi connectivity index (χ3n) is 2.57. The molecular formula is C11H18N6O3. The van der Waals surface area contributed by atoms with Crippen LogP contribution in [0.5, 0.6) is 0 Å². The number of carbonyl (C=O) groups is 3. The number of aryl methyl sites for hydroxylation is 1. The second-order valence-electron chi connectivity index (χ2n) is 4.31. The van der Waals surface area contributed by atoms with Crippen LogP contribution in [0.2, 0.25) is 0 Å². The molecule has 0 saturated carbocycles. The predicted octanol–water partition coefficient (Wildman–Crippen LogP) is -1.64. The van der Waals surface area contributed by atoms with E-state index in [1.807, 2.05) is 6.92 Å². The Labute approximate surface area is 115 Å². The molecule has 1 aromatic heterocycles. The molecule has 0 atom stereocenters. The Kier molecular flexibility index (Phi) is 5.07. The van der Waals surface area contributed by atoms with E-state index in [2.05, 4.69) is 10.2 Å². The Balaban J connectivity index is 2.99. The van der Waals surface area contributed by atoms with E-state index in [0.29, 0.717) is 12.1 Å². The Bertz CT molecular complexity index is 508. The van der Waals surface area contributed by atoms with E-state index < -0.39 is 30.8 Å². The Morgan fingerprint density at radius 1 is 1.20 bits per heavy atom. The van der Waals surface area contributed by atoms with Gasteiger partial charge in [0.15, 0.2) is 5.69 Å². The Hall–Kier alpha value is -2.58. The van der Waals surface area contributed by atoms with E-state index in [-0.39, 0.29) is 11.4 Å². The molecule has 9 heteroatoms. The van der Waals surface area contributed by atoms with E-state index in [4.69, 9.17) is 17.2 Å². The van der Waals surface area contributed by atoms with Crippen LogP contribution in [0.1, 0.15) is 29.5 Å². The van der Waals surface area contributed by atoms with Crippen molar-refractivity contribution >= 4 is 23.4 Å². The molecule has 0 spiro atoms. The molecular weight excluding hydrogens is 264 g/mol. The molecule has 0 fully saturated rings. The minimum atomic E-state index is -0.762. The summed E-state index contributed by atoms with van der Waals surface area (Å²) >= 11 is 0. The summed E-state index contributed by atoms with van der Waals surface area (Å²) in [4.78, 5) is 35.0. The number of rotatable bonds is 7. The van der Waals surface area contributed by atoms with Crippen LogP contribution in [0, 0.1) is 0 Å². The van der Waals surface area contributed by atoms with Gasteiger partial charge in [-0.15, -0.1) is 0 Å². The van der Waals surface area contributed by atoms with Gasteiger partial charge in [0.05, 0.1) is 11.4 Å². The summed E-state index contributed by atoms with van der Waals surface area (Å²) in [6, 6.07) is 0. The maximum absolute atomic E-state index is 12.2. The van der Waals surface area contributed by atoms with Gasteiger partial charge in [-0.3, -0.25) is 19.5 Å². The lowest BCUT2D eigenvalue weighted by Crippen LogP contribution is -2.43. The predicted molar refractivity (Wildman–Crippen MR) is 71.3 cm³/mol. The van der Waals surface area contributed by atoms with E-state index in [9.17, 15) is 14.4 Å². The third-order valence-corrected chi connectivity index (χ3v) is 2.57. The van der Waals surface area contributed by atoms with Gasteiger partial charge in [0.2, 0.25) is 11.8 Å². The first-order valence-corrected chi connectivity index (χ1v) is 6.05. The highest BCUT2D eigenvalue weighted by molar-refractivity contribution is 6.00. The highest BCUT2D eigenvalue weighted by Crippen LogP contribution is 2.17. The zero-order valence-corrected chi connectivity index (χ0v) is 11.2. The molecule has 0 aliphatic carbocycles. The first kappa shape index (κ1) is 15.5. The van der Waals surface area contributed by atoms with E-state index >= 15 is 0 Å². The molecule has 9 nitrogen and oxygen atoms in total. The average Bonchev–Trinajstić information content (AvgIpc) is 2.69. The average molecular weight is 282 g/mol. The van der Waals surface area contributed by atoms with Crippen molar-refractivity contribution in [1.29, 1.82) is 0 Å². The van der Waals surface area contributed by atoms with Gasteiger partial charge in [-0.05, 0) is 6.42 Å². The topological polar surface area (TPSA) is 161 Å². The molecule has 1 rings (SSSR count). The van der Waals surface area contributed by atoms with E-state index in [1.165, 1.54) is 0 Å².